The van der Waals surface area contributed by atoms with Crippen LogP contribution < -0.4 is 0 Å². The number of hydrogen-bond donors (Lipinski definition) is 1. The summed E-state index contributed by atoms with van der Waals surface area (Å²) in [6.45, 7) is 3.38. The van der Waals surface area contributed by atoms with Crippen LogP contribution in [0.3, 0.4) is 0 Å². The van der Waals surface area contributed by atoms with Crippen LogP contribution in [0.1, 0.15) is 50.5 Å². The number of aliphatic carboxylic acids is 1. The van der Waals surface area contributed by atoms with Crippen LogP contribution in [0.15, 0.2) is 66.7 Å². The molecule has 1 saturated heterocycles. The van der Waals surface area contributed by atoms with E-state index in [-0.39, 0.29) is 18.6 Å². The van der Waals surface area contributed by atoms with E-state index < -0.39 is 5.97 Å². The van der Waals surface area contributed by atoms with Crippen LogP contribution in [0.4, 0.5) is 0 Å². The monoisotopic (exact) mass is 463 g/mol. The molecule has 0 spiro atoms. The Hall–Kier alpha value is -2.47. The topological polar surface area (TPSA) is 59.0 Å². The van der Waals surface area contributed by atoms with E-state index in [4.69, 9.17) is 14.6 Å². The van der Waals surface area contributed by atoms with Gasteiger partial charge in [0.05, 0.1) is 25.4 Å². The first-order valence-corrected chi connectivity index (χ1v) is 12.7. The van der Waals surface area contributed by atoms with E-state index in [1.54, 1.807) is 0 Å². The van der Waals surface area contributed by atoms with E-state index in [0.29, 0.717) is 25.7 Å². The largest absolute Gasteiger partial charge is 0.481 e. The summed E-state index contributed by atoms with van der Waals surface area (Å²) in [5.41, 5.74) is 3.61. The lowest BCUT2D eigenvalue weighted by Crippen LogP contribution is -2.47. The molecule has 2 aliphatic rings. The molecule has 3 atom stereocenters. The number of nitrogens with zero attached hydrogens (tertiary/aromatic N) is 1. The van der Waals surface area contributed by atoms with Crippen molar-refractivity contribution in [2.45, 2.75) is 69.8 Å². The lowest BCUT2D eigenvalue weighted by Gasteiger charge is -2.36. The van der Waals surface area contributed by atoms with Crippen LogP contribution in [0.2, 0.25) is 0 Å². The van der Waals surface area contributed by atoms with Gasteiger partial charge in [0, 0.05) is 12.5 Å². The van der Waals surface area contributed by atoms with Gasteiger partial charge in [0.15, 0.2) is 0 Å². The minimum atomic E-state index is -0.767. The number of rotatable bonds is 11. The first-order chi connectivity index (χ1) is 16.7. The molecule has 34 heavy (non-hydrogen) atoms. The molecule has 0 bridgehead atoms. The van der Waals surface area contributed by atoms with E-state index in [0.717, 1.165) is 25.9 Å². The van der Waals surface area contributed by atoms with Crippen LogP contribution in [0.5, 0.6) is 0 Å². The molecule has 182 valence electrons. The van der Waals surface area contributed by atoms with Crippen molar-refractivity contribution in [2.75, 3.05) is 19.7 Å². The molecule has 2 aromatic carbocycles. The molecule has 2 fully saturated rings. The number of hydrogen-bond acceptors (Lipinski definition) is 4. The van der Waals surface area contributed by atoms with E-state index in [1.807, 2.05) is 18.2 Å². The summed E-state index contributed by atoms with van der Waals surface area (Å²) in [6.07, 6.45) is 10.6. The van der Waals surface area contributed by atoms with Gasteiger partial charge in [-0.1, -0.05) is 73.2 Å². The number of benzene rings is 2. The Morgan fingerprint density at radius 3 is 2.38 bits per heavy atom. The summed E-state index contributed by atoms with van der Waals surface area (Å²) < 4.78 is 12.8. The molecular weight excluding hydrogens is 426 g/mol. The Morgan fingerprint density at radius 2 is 1.65 bits per heavy atom. The maximum atomic E-state index is 10.7. The van der Waals surface area contributed by atoms with Gasteiger partial charge < -0.3 is 14.6 Å². The maximum absolute atomic E-state index is 10.7. The van der Waals surface area contributed by atoms with Crippen molar-refractivity contribution in [3.63, 3.8) is 0 Å². The van der Waals surface area contributed by atoms with Crippen LogP contribution in [0.25, 0.3) is 11.1 Å². The quantitative estimate of drug-likeness (QED) is 0.434. The van der Waals surface area contributed by atoms with E-state index >= 15 is 0 Å². The molecule has 1 aliphatic heterocycles. The molecular formula is C29H37NO4. The summed E-state index contributed by atoms with van der Waals surface area (Å²) in [5, 5.41) is 8.80. The van der Waals surface area contributed by atoms with Crippen molar-refractivity contribution >= 4 is 5.97 Å². The van der Waals surface area contributed by atoms with Gasteiger partial charge in [-0.15, -0.1) is 0 Å². The van der Waals surface area contributed by atoms with Crippen LogP contribution in [-0.2, 0) is 20.9 Å². The number of carbonyl (C=O) groups is 1. The normalized spacial score (nSPS) is 23.5. The molecule has 0 unspecified atom stereocenters. The minimum absolute atomic E-state index is 0.0471. The predicted molar refractivity (Wildman–Crippen MR) is 135 cm³/mol. The maximum Gasteiger partial charge on any atom is 0.303 e. The number of ether oxygens (including phenoxy) is 2. The molecule has 0 radical (unpaired) electrons. The number of carboxylic acid groups (broad SMARTS) is 1. The molecule has 1 heterocycles. The Balaban J connectivity index is 1.34. The highest BCUT2D eigenvalue weighted by atomic mass is 16.5. The van der Waals surface area contributed by atoms with E-state index in [1.165, 1.54) is 36.0 Å². The summed E-state index contributed by atoms with van der Waals surface area (Å²) in [5.74, 6) is -0.767. The number of carboxylic acids is 1. The van der Waals surface area contributed by atoms with Crippen LogP contribution in [-0.4, -0.2) is 53.9 Å². The number of likely N-dealkylation sites (tertiary alicyclic amines) is 1. The van der Waals surface area contributed by atoms with Crippen molar-refractivity contribution in [3.8, 4) is 11.1 Å². The fraction of sp³-hybridized carbons (Fsp3) is 0.483. The zero-order valence-electron chi connectivity index (χ0n) is 20.0. The van der Waals surface area contributed by atoms with Crippen molar-refractivity contribution in [3.05, 3.63) is 72.3 Å². The lowest BCUT2D eigenvalue weighted by molar-refractivity contribution is -0.136. The highest BCUT2D eigenvalue weighted by Crippen LogP contribution is 2.32. The van der Waals surface area contributed by atoms with Crippen molar-refractivity contribution < 1.29 is 19.4 Å². The third kappa shape index (κ3) is 7.02. The summed E-state index contributed by atoms with van der Waals surface area (Å²) in [7, 11) is 0. The summed E-state index contributed by atoms with van der Waals surface area (Å²) >= 11 is 0. The van der Waals surface area contributed by atoms with Crippen LogP contribution >= 0.6 is 0 Å². The molecule has 0 aromatic heterocycles. The Kier molecular flexibility index (Phi) is 9.31. The van der Waals surface area contributed by atoms with Gasteiger partial charge >= 0.3 is 5.97 Å². The second kappa shape index (κ2) is 12.8. The third-order valence-electron chi connectivity index (χ3n) is 6.95. The van der Waals surface area contributed by atoms with Gasteiger partial charge in [0.2, 0.25) is 0 Å². The third-order valence-corrected chi connectivity index (χ3v) is 6.95. The molecule has 0 amide bonds. The highest BCUT2D eigenvalue weighted by Gasteiger charge is 2.41. The molecule has 1 N–H and O–H groups in total. The summed E-state index contributed by atoms with van der Waals surface area (Å²) in [6, 6.07) is 19.4. The molecule has 5 heteroatoms. The number of piperidine rings is 1. The number of allylic oxidation sites excluding steroid dienone is 1. The van der Waals surface area contributed by atoms with Crippen molar-refractivity contribution in [1.29, 1.82) is 0 Å². The van der Waals surface area contributed by atoms with E-state index in [9.17, 15) is 4.79 Å². The second-order valence-corrected chi connectivity index (χ2v) is 9.36. The molecule has 2 aromatic rings. The van der Waals surface area contributed by atoms with Crippen molar-refractivity contribution in [1.82, 2.24) is 4.90 Å². The van der Waals surface area contributed by atoms with E-state index in [2.05, 4.69) is 53.4 Å². The Labute approximate surface area is 203 Å². The highest BCUT2D eigenvalue weighted by molar-refractivity contribution is 5.66. The average molecular weight is 464 g/mol. The second-order valence-electron chi connectivity index (χ2n) is 9.36. The zero-order chi connectivity index (χ0) is 23.6. The molecule has 1 saturated carbocycles. The van der Waals surface area contributed by atoms with Crippen molar-refractivity contribution in [2.24, 2.45) is 0 Å². The fourth-order valence-electron chi connectivity index (χ4n) is 5.13. The molecule has 5 nitrogen and oxygen atoms in total. The van der Waals surface area contributed by atoms with Gasteiger partial charge in [-0.25, -0.2) is 0 Å². The summed E-state index contributed by atoms with van der Waals surface area (Å²) in [4.78, 5) is 13.3. The van der Waals surface area contributed by atoms with Gasteiger partial charge in [0.25, 0.3) is 0 Å². The lowest BCUT2D eigenvalue weighted by atomic mass is 10.0. The SMILES string of the molecule is O=C(O)CC/C=C\CO[C@@H]1[C@@H](OCc2ccc(-c3ccccc3)cc2)CC[C@@H]1N1CCCCC1. The van der Waals surface area contributed by atoms with Gasteiger partial charge in [-0.05, 0) is 61.9 Å². The predicted octanol–water partition coefficient (Wildman–Crippen LogP) is 5.69. The van der Waals surface area contributed by atoms with Gasteiger partial charge in [-0.2, -0.15) is 0 Å². The molecule has 1 aliphatic carbocycles. The minimum Gasteiger partial charge on any atom is -0.481 e. The Morgan fingerprint density at radius 1 is 0.912 bits per heavy atom. The molecule has 4 rings (SSSR count). The fourth-order valence-corrected chi connectivity index (χ4v) is 5.13. The first-order valence-electron chi connectivity index (χ1n) is 12.7. The van der Waals surface area contributed by atoms with Gasteiger partial charge in [0.1, 0.15) is 0 Å². The zero-order valence-corrected chi connectivity index (χ0v) is 20.0. The van der Waals surface area contributed by atoms with Crippen LogP contribution in [0, 0.1) is 0 Å². The average Bonchev–Trinajstić information content (AvgIpc) is 3.28. The first kappa shape index (κ1) is 24.6. The Bertz CT molecular complexity index is 905. The smallest absolute Gasteiger partial charge is 0.303 e. The standard InChI is InChI=1S/C29H37NO4/c31-28(32)12-6-2-9-21-33-29-26(30-19-7-3-8-20-30)17-18-27(29)34-22-23-13-15-25(16-14-23)24-10-4-1-5-11-24/h1-2,4-5,9-11,13-16,26-27,29H,3,6-8,12,17-22H2,(H,31,32)/b9-2-/t26-,27-,29-/m0/s1. The van der Waals surface area contributed by atoms with Gasteiger partial charge in [-0.3, -0.25) is 9.69 Å².